The topological polar surface area (TPSA) is 43.0 Å². The number of imidazole rings is 1. The molecule has 0 unspecified atom stereocenters. The molecule has 2 heterocycles. The van der Waals surface area contributed by atoms with E-state index < -0.39 is 0 Å². The first kappa shape index (κ1) is 9.98. The molecule has 0 saturated heterocycles. The van der Waals surface area contributed by atoms with Gasteiger partial charge >= 0.3 is 0 Å². The summed E-state index contributed by atoms with van der Waals surface area (Å²) in [4.78, 5) is 4.35. The number of likely N-dealkylation sites (N-methyl/N-ethyl adjacent to an activating group) is 1. The molecule has 0 aliphatic heterocycles. The zero-order valence-corrected chi connectivity index (χ0v) is 9.03. The largest absolute Gasteiger partial charge is 0.463 e. The summed E-state index contributed by atoms with van der Waals surface area (Å²) in [5.41, 5.74) is 2.14. The second kappa shape index (κ2) is 4.31. The van der Waals surface area contributed by atoms with Gasteiger partial charge in [-0.25, -0.2) is 4.98 Å². The van der Waals surface area contributed by atoms with Crippen LogP contribution in [0.25, 0.3) is 11.5 Å². The smallest absolute Gasteiger partial charge is 0.154 e. The number of nitrogens with one attached hydrogen (secondary N) is 1. The SMILES string of the molecule is CNCCc1c(-c2ccco2)ncn1C. The fraction of sp³-hybridized carbons (Fsp3) is 0.364. The molecule has 0 radical (unpaired) electrons. The Morgan fingerprint density at radius 3 is 3.07 bits per heavy atom. The van der Waals surface area contributed by atoms with Crippen molar-refractivity contribution in [2.45, 2.75) is 6.42 Å². The highest BCUT2D eigenvalue weighted by Gasteiger charge is 2.12. The maximum atomic E-state index is 5.36. The van der Waals surface area contributed by atoms with E-state index in [1.807, 2.05) is 37.1 Å². The van der Waals surface area contributed by atoms with E-state index in [4.69, 9.17) is 4.42 Å². The second-order valence-electron chi connectivity index (χ2n) is 3.48. The quantitative estimate of drug-likeness (QED) is 0.821. The molecule has 2 aromatic rings. The third-order valence-electron chi connectivity index (χ3n) is 2.43. The lowest BCUT2D eigenvalue weighted by Gasteiger charge is -2.03. The van der Waals surface area contributed by atoms with Crippen molar-refractivity contribution in [2.24, 2.45) is 7.05 Å². The van der Waals surface area contributed by atoms with Gasteiger partial charge in [0.15, 0.2) is 5.76 Å². The van der Waals surface area contributed by atoms with Crippen LogP contribution in [0.15, 0.2) is 29.1 Å². The molecule has 0 atom stereocenters. The van der Waals surface area contributed by atoms with Crippen LogP contribution in [0.2, 0.25) is 0 Å². The number of hydrogen-bond acceptors (Lipinski definition) is 3. The molecule has 1 N–H and O–H groups in total. The first-order chi connectivity index (χ1) is 7.33. The molecule has 0 aromatic carbocycles. The van der Waals surface area contributed by atoms with Crippen LogP contribution < -0.4 is 5.32 Å². The van der Waals surface area contributed by atoms with Crippen LogP contribution in [0.5, 0.6) is 0 Å². The van der Waals surface area contributed by atoms with Crippen molar-refractivity contribution in [3.05, 3.63) is 30.4 Å². The van der Waals surface area contributed by atoms with Crippen molar-refractivity contribution in [2.75, 3.05) is 13.6 Å². The Bertz CT molecular complexity index is 417. The molecule has 0 saturated carbocycles. The van der Waals surface area contributed by atoms with Crippen molar-refractivity contribution in [3.63, 3.8) is 0 Å². The third-order valence-corrected chi connectivity index (χ3v) is 2.43. The summed E-state index contributed by atoms with van der Waals surface area (Å²) in [6, 6.07) is 3.82. The lowest BCUT2D eigenvalue weighted by molar-refractivity contribution is 0.579. The Hall–Kier alpha value is -1.55. The fourth-order valence-corrected chi connectivity index (χ4v) is 1.61. The summed E-state index contributed by atoms with van der Waals surface area (Å²) in [5, 5.41) is 3.13. The van der Waals surface area contributed by atoms with E-state index >= 15 is 0 Å². The third kappa shape index (κ3) is 1.94. The van der Waals surface area contributed by atoms with Crippen molar-refractivity contribution < 1.29 is 4.42 Å². The normalized spacial score (nSPS) is 10.8. The van der Waals surface area contributed by atoms with Gasteiger partial charge in [-0.1, -0.05) is 0 Å². The van der Waals surface area contributed by atoms with Gasteiger partial charge in [0, 0.05) is 25.7 Å². The number of furan rings is 1. The Morgan fingerprint density at radius 2 is 2.40 bits per heavy atom. The summed E-state index contributed by atoms with van der Waals surface area (Å²) in [6.45, 7) is 0.938. The first-order valence-corrected chi connectivity index (χ1v) is 5.01. The molecular weight excluding hydrogens is 190 g/mol. The van der Waals surface area contributed by atoms with Crippen molar-refractivity contribution in [1.29, 1.82) is 0 Å². The zero-order chi connectivity index (χ0) is 10.7. The van der Waals surface area contributed by atoms with Gasteiger partial charge < -0.3 is 14.3 Å². The van der Waals surface area contributed by atoms with E-state index in [9.17, 15) is 0 Å². The van der Waals surface area contributed by atoms with Gasteiger partial charge in [-0.2, -0.15) is 0 Å². The monoisotopic (exact) mass is 205 g/mol. The Balaban J connectivity index is 2.31. The van der Waals surface area contributed by atoms with Gasteiger partial charge in [-0.3, -0.25) is 0 Å². The van der Waals surface area contributed by atoms with Gasteiger partial charge in [0.25, 0.3) is 0 Å². The fourth-order valence-electron chi connectivity index (χ4n) is 1.61. The highest BCUT2D eigenvalue weighted by molar-refractivity contribution is 5.55. The average Bonchev–Trinajstić information content (AvgIpc) is 2.84. The van der Waals surface area contributed by atoms with Crippen LogP contribution in [0.1, 0.15) is 5.69 Å². The van der Waals surface area contributed by atoms with Crippen LogP contribution in [0.4, 0.5) is 0 Å². The van der Waals surface area contributed by atoms with Gasteiger partial charge in [0.2, 0.25) is 0 Å². The van der Waals surface area contributed by atoms with Crippen LogP contribution in [0, 0.1) is 0 Å². The van der Waals surface area contributed by atoms with E-state index in [0.717, 1.165) is 24.4 Å². The molecule has 0 fully saturated rings. The number of aryl methyl sites for hydroxylation is 1. The Labute approximate surface area is 88.9 Å². The van der Waals surface area contributed by atoms with Crippen molar-refractivity contribution >= 4 is 0 Å². The minimum absolute atomic E-state index is 0.835. The molecule has 2 rings (SSSR count). The number of hydrogen-bond donors (Lipinski definition) is 1. The average molecular weight is 205 g/mol. The minimum atomic E-state index is 0.835. The maximum Gasteiger partial charge on any atom is 0.154 e. The van der Waals surface area contributed by atoms with E-state index in [0.29, 0.717) is 0 Å². The van der Waals surface area contributed by atoms with Crippen molar-refractivity contribution in [1.82, 2.24) is 14.9 Å². The summed E-state index contributed by atoms with van der Waals surface area (Å²) in [6.07, 6.45) is 4.44. The summed E-state index contributed by atoms with van der Waals surface area (Å²) >= 11 is 0. The van der Waals surface area contributed by atoms with Crippen LogP contribution in [0.3, 0.4) is 0 Å². The van der Waals surface area contributed by atoms with Crippen LogP contribution in [-0.2, 0) is 13.5 Å². The molecule has 0 amide bonds. The standard InChI is InChI=1S/C11H15N3O/c1-12-6-5-9-11(13-8-14(9)2)10-4-3-7-15-10/h3-4,7-8,12H,5-6H2,1-2H3. The maximum absolute atomic E-state index is 5.36. The van der Waals surface area contributed by atoms with E-state index in [2.05, 4.69) is 10.3 Å². The molecule has 80 valence electrons. The van der Waals surface area contributed by atoms with E-state index in [1.54, 1.807) is 6.26 Å². The molecule has 4 nitrogen and oxygen atoms in total. The number of aromatic nitrogens is 2. The highest BCUT2D eigenvalue weighted by Crippen LogP contribution is 2.22. The molecular formula is C11H15N3O. The zero-order valence-electron chi connectivity index (χ0n) is 9.03. The number of rotatable bonds is 4. The summed E-state index contributed by atoms with van der Waals surface area (Å²) in [5.74, 6) is 0.835. The first-order valence-electron chi connectivity index (χ1n) is 5.01. The highest BCUT2D eigenvalue weighted by atomic mass is 16.3. The molecule has 4 heteroatoms. The predicted octanol–water partition coefficient (Wildman–Crippen LogP) is 1.44. The Morgan fingerprint density at radius 1 is 1.53 bits per heavy atom. The van der Waals surface area contributed by atoms with Gasteiger partial charge in [-0.05, 0) is 19.2 Å². The minimum Gasteiger partial charge on any atom is -0.463 e. The van der Waals surface area contributed by atoms with Crippen molar-refractivity contribution in [3.8, 4) is 11.5 Å². The van der Waals surface area contributed by atoms with Crippen LogP contribution >= 0.6 is 0 Å². The molecule has 0 spiro atoms. The Kier molecular flexibility index (Phi) is 2.87. The number of nitrogens with zero attached hydrogens (tertiary/aromatic N) is 2. The summed E-state index contributed by atoms with van der Waals surface area (Å²) in [7, 11) is 3.95. The van der Waals surface area contributed by atoms with Gasteiger partial charge in [0.1, 0.15) is 5.69 Å². The van der Waals surface area contributed by atoms with E-state index in [1.165, 1.54) is 5.69 Å². The van der Waals surface area contributed by atoms with Gasteiger partial charge in [0.05, 0.1) is 12.6 Å². The lowest BCUT2D eigenvalue weighted by Crippen LogP contribution is -2.12. The van der Waals surface area contributed by atoms with E-state index in [-0.39, 0.29) is 0 Å². The summed E-state index contributed by atoms with van der Waals surface area (Å²) < 4.78 is 7.39. The molecule has 0 bridgehead atoms. The molecule has 2 aromatic heterocycles. The van der Waals surface area contributed by atoms with Crippen LogP contribution in [-0.4, -0.2) is 23.1 Å². The molecule has 0 aliphatic carbocycles. The molecule has 0 aliphatic rings. The lowest BCUT2D eigenvalue weighted by atomic mass is 10.2. The molecule has 15 heavy (non-hydrogen) atoms. The predicted molar refractivity (Wildman–Crippen MR) is 58.5 cm³/mol. The second-order valence-corrected chi connectivity index (χ2v) is 3.48. The van der Waals surface area contributed by atoms with Gasteiger partial charge in [-0.15, -0.1) is 0 Å².